The molecule has 0 saturated carbocycles. The van der Waals surface area contributed by atoms with Gasteiger partial charge in [0.15, 0.2) is 5.69 Å². The van der Waals surface area contributed by atoms with E-state index in [2.05, 4.69) is 15.4 Å². The zero-order valence-electron chi connectivity index (χ0n) is 14.3. The van der Waals surface area contributed by atoms with Crippen LogP contribution >= 0.6 is 22.9 Å². The highest BCUT2D eigenvalue weighted by Crippen LogP contribution is 2.27. The minimum atomic E-state index is -1.21. The zero-order valence-corrected chi connectivity index (χ0v) is 15.9. The van der Waals surface area contributed by atoms with E-state index in [0.717, 1.165) is 0 Å². The molecule has 3 aromatic rings. The lowest BCUT2D eigenvalue weighted by Gasteiger charge is -2.03. The molecular formula is C17H14ClFN4O3S. The molecule has 0 aliphatic heterocycles. The standard InChI is InChI=1S/C17H14ClFN4O3S/c1-8-16(21-15(24)13-7-12(17(25)26)22-23(13)2)27-14(20-8)5-9-3-10(18)6-11(19)4-9/h3-4,6-7H,5H2,1-2H3,(H,21,24)(H,25,26). The Labute approximate surface area is 162 Å². The molecule has 0 bridgehead atoms. The average Bonchev–Trinajstić information content (AvgIpc) is 3.09. The highest BCUT2D eigenvalue weighted by molar-refractivity contribution is 7.16. The van der Waals surface area contributed by atoms with Crippen molar-refractivity contribution in [3.63, 3.8) is 0 Å². The predicted octanol–water partition coefficient (Wildman–Crippen LogP) is 3.52. The third-order valence-electron chi connectivity index (χ3n) is 3.68. The van der Waals surface area contributed by atoms with Crippen molar-refractivity contribution >= 4 is 39.8 Å². The van der Waals surface area contributed by atoms with Crippen molar-refractivity contribution in [3.8, 4) is 0 Å². The lowest BCUT2D eigenvalue weighted by atomic mass is 10.1. The molecule has 3 rings (SSSR count). The first-order valence-electron chi connectivity index (χ1n) is 7.73. The van der Waals surface area contributed by atoms with E-state index in [9.17, 15) is 14.0 Å². The minimum absolute atomic E-state index is 0.110. The molecule has 0 saturated heterocycles. The number of rotatable bonds is 5. The fourth-order valence-corrected chi connectivity index (χ4v) is 3.72. The molecule has 0 aliphatic carbocycles. The molecule has 0 radical (unpaired) electrons. The number of aryl methyl sites for hydroxylation is 2. The molecule has 27 heavy (non-hydrogen) atoms. The lowest BCUT2D eigenvalue weighted by Crippen LogP contribution is -2.15. The second-order valence-corrected chi connectivity index (χ2v) is 7.29. The van der Waals surface area contributed by atoms with Gasteiger partial charge in [0.2, 0.25) is 0 Å². The molecule has 7 nitrogen and oxygen atoms in total. The summed E-state index contributed by atoms with van der Waals surface area (Å²) in [7, 11) is 1.49. The quantitative estimate of drug-likeness (QED) is 0.673. The molecule has 0 unspecified atom stereocenters. The van der Waals surface area contributed by atoms with E-state index < -0.39 is 17.7 Å². The normalized spacial score (nSPS) is 10.8. The number of carboxylic acids is 1. The summed E-state index contributed by atoms with van der Waals surface area (Å²) in [5.41, 5.74) is 1.17. The van der Waals surface area contributed by atoms with Crippen LogP contribution in [0.1, 0.15) is 37.2 Å². The Morgan fingerprint density at radius 3 is 2.70 bits per heavy atom. The maximum absolute atomic E-state index is 13.5. The van der Waals surface area contributed by atoms with Crippen LogP contribution in [-0.2, 0) is 13.5 Å². The number of carbonyl (C=O) groups excluding carboxylic acids is 1. The monoisotopic (exact) mass is 408 g/mol. The molecular weight excluding hydrogens is 395 g/mol. The fourth-order valence-electron chi connectivity index (χ4n) is 2.48. The van der Waals surface area contributed by atoms with Crippen LogP contribution in [0.3, 0.4) is 0 Å². The highest BCUT2D eigenvalue weighted by Gasteiger charge is 2.19. The van der Waals surface area contributed by atoms with Gasteiger partial charge >= 0.3 is 5.97 Å². The molecule has 0 spiro atoms. The van der Waals surface area contributed by atoms with Gasteiger partial charge in [0.1, 0.15) is 16.5 Å². The minimum Gasteiger partial charge on any atom is -0.476 e. The molecule has 2 N–H and O–H groups in total. The van der Waals surface area contributed by atoms with Crippen molar-refractivity contribution < 1.29 is 19.1 Å². The van der Waals surface area contributed by atoms with Crippen LogP contribution in [0.15, 0.2) is 24.3 Å². The molecule has 2 heterocycles. The first kappa shape index (κ1) is 19.0. The summed E-state index contributed by atoms with van der Waals surface area (Å²) in [5.74, 6) is -2.14. The third-order valence-corrected chi connectivity index (χ3v) is 4.97. The predicted molar refractivity (Wildman–Crippen MR) is 99.2 cm³/mol. The Morgan fingerprint density at radius 1 is 1.33 bits per heavy atom. The van der Waals surface area contributed by atoms with Crippen LogP contribution in [0.25, 0.3) is 0 Å². The van der Waals surface area contributed by atoms with Crippen molar-refractivity contribution in [2.45, 2.75) is 13.3 Å². The van der Waals surface area contributed by atoms with Gasteiger partial charge in [0, 0.05) is 24.6 Å². The smallest absolute Gasteiger partial charge is 0.356 e. The number of aromatic nitrogens is 3. The number of thiazole rings is 1. The van der Waals surface area contributed by atoms with Crippen LogP contribution in [0.2, 0.25) is 5.02 Å². The number of aromatic carboxylic acids is 1. The van der Waals surface area contributed by atoms with Gasteiger partial charge in [-0.3, -0.25) is 9.48 Å². The largest absolute Gasteiger partial charge is 0.476 e. The highest BCUT2D eigenvalue weighted by atomic mass is 35.5. The number of hydrogen-bond donors (Lipinski definition) is 2. The molecule has 0 aliphatic rings. The summed E-state index contributed by atoms with van der Waals surface area (Å²) in [6, 6.07) is 5.46. The van der Waals surface area contributed by atoms with Crippen molar-refractivity contribution in [2.75, 3.05) is 5.32 Å². The van der Waals surface area contributed by atoms with Crippen LogP contribution < -0.4 is 5.32 Å². The maximum atomic E-state index is 13.5. The number of nitrogens with zero attached hydrogens (tertiary/aromatic N) is 3. The second kappa shape index (κ2) is 7.45. The summed E-state index contributed by atoms with van der Waals surface area (Å²) in [6.07, 6.45) is 0.369. The Bertz CT molecular complexity index is 1030. The summed E-state index contributed by atoms with van der Waals surface area (Å²) in [4.78, 5) is 27.8. The van der Waals surface area contributed by atoms with Crippen molar-refractivity contribution in [3.05, 3.63) is 62.8 Å². The Balaban J connectivity index is 1.78. The van der Waals surface area contributed by atoms with E-state index in [4.69, 9.17) is 16.7 Å². The third kappa shape index (κ3) is 4.32. The second-order valence-electron chi connectivity index (χ2n) is 5.77. The Kier molecular flexibility index (Phi) is 5.24. The first-order chi connectivity index (χ1) is 12.7. The number of carboxylic acid groups (broad SMARTS) is 1. The van der Waals surface area contributed by atoms with E-state index in [1.807, 2.05) is 0 Å². The average molecular weight is 409 g/mol. The van der Waals surface area contributed by atoms with E-state index in [0.29, 0.717) is 32.7 Å². The van der Waals surface area contributed by atoms with Crippen molar-refractivity contribution in [2.24, 2.45) is 7.05 Å². The number of nitrogens with one attached hydrogen (secondary N) is 1. The van der Waals surface area contributed by atoms with Gasteiger partial charge in [-0.25, -0.2) is 14.2 Å². The zero-order chi connectivity index (χ0) is 19.7. The van der Waals surface area contributed by atoms with Crippen LogP contribution in [0.5, 0.6) is 0 Å². The number of benzene rings is 1. The molecule has 1 amide bonds. The number of halogens is 2. The lowest BCUT2D eigenvalue weighted by molar-refractivity contribution is 0.0689. The molecule has 0 fully saturated rings. The van der Waals surface area contributed by atoms with Gasteiger partial charge in [-0.05, 0) is 30.7 Å². The van der Waals surface area contributed by atoms with Gasteiger partial charge in [0.05, 0.1) is 10.7 Å². The number of anilines is 1. The molecule has 2 aromatic heterocycles. The van der Waals surface area contributed by atoms with Gasteiger partial charge in [-0.2, -0.15) is 5.10 Å². The van der Waals surface area contributed by atoms with Crippen LogP contribution in [0, 0.1) is 12.7 Å². The van der Waals surface area contributed by atoms with Crippen LogP contribution in [-0.4, -0.2) is 31.7 Å². The fraction of sp³-hybridized carbons (Fsp3) is 0.176. The Hall–Kier alpha value is -2.78. The van der Waals surface area contributed by atoms with Gasteiger partial charge in [-0.1, -0.05) is 11.6 Å². The Morgan fingerprint density at radius 2 is 2.07 bits per heavy atom. The van der Waals surface area contributed by atoms with E-state index in [1.54, 1.807) is 13.0 Å². The summed E-state index contributed by atoms with van der Waals surface area (Å²) < 4.78 is 14.7. The van der Waals surface area contributed by atoms with Crippen molar-refractivity contribution in [1.29, 1.82) is 0 Å². The maximum Gasteiger partial charge on any atom is 0.356 e. The van der Waals surface area contributed by atoms with Crippen molar-refractivity contribution in [1.82, 2.24) is 14.8 Å². The summed E-state index contributed by atoms with van der Waals surface area (Å²) in [5, 5.41) is 17.0. The topological polar surface area (TPSA) is 97.1 Å². The van der Waals surface area contributed by atoms with E-state index in [1.165, 1.54) is 41.3 Å². The number of carbonyl (C=O) groups is 2. The molecule has 1 aromatic carbocycles. The van der Waals surface area contributed by atoms with E-state index in [-0.39, 0.29) is 11.4 Å². The van der Waals surface area contributed by atoms with Gasteiger partial charge in [-0.15, -0.1) is 11.3 Å². The molecule has 140 valence electrons. The number of hydrogen-bond acceptors (Lipinski definition) is 5. The number of amides is 1. The summed E-state index contributed by atoms with van der Waals surface area (Å²) >= 11 is 7.12. The van der Waals surface area contributed by atoms with E-state index >= 15 is 0 Å². The van der Waals surface area contributed by atoms with Crippen LogP contribution in [0.4, 0.5) is 9.39 Å². The van der Waals surface area contributed by atoms with Gasteiger partial charge in [0.25, 0.3) is 5.91 Å². The molecule has 0 atom stereocenters. The first-order valence-corrected chi connectivity index (χ1v) is 8.92. The van der Waals surface area contributed by atoms with Gasteiger partial charge < -0.3 is 10.4 Å². The molecule has 10 heteroatoms. The SMILES string of the molecule is Cc1nc(Cc2cc(F)cc(Cl)c2)sc1NC(=O)c1cc(C(=O)O)nn1C. The summed E-state index contributed by atoms with van der Waals surface area (Å²) in [6.45, 7) is 1.74.